The first-order valence-corrected chi connectivity index (χ1v) is 13.6. The average molecular weight is 573 g/mol. The summed E-state index contributed by atoms with van der Waals surface area (Å²) >= 11 is 6.30. The summed E-state index contributed by atoms with van der Waals surface area (Å²) in [5.74, 6) is -0.912. The largest absolute Gasteiger partial charge is 0.481 e. The number of ketones is 1. The summed E-state index contributed by atoms with van der Waals surface area (Å²) in [6.45, 7) is 0.974. The molecule has 10 nitrogen and oxygen atoms in total. The molecule has 0 atom stereocenters. The van der Waals surface area contributed by atoms with Gasteiger partial charge in [0.1, 0.15) is 5.76 Å². The number of carbonyl (C=O) groups excluding carboxylic acids is 1. The molecule has 0 aliphatic carbocycles. The molecule has 2 N–H and O–H groups in total. The molecule has 1 saturated heterocycles. The van der Waals surface area contributed by atoms with Gasteiger partial charge in [-0.15, -0.1) is 0 Å². The first-order valence-electron chi connectivity index (χ1n) is 13.2. The number of hydrogen-bond acceptors (Lipinski definition) is 7. The van der Waals surface area contributed by atoms with Crippen molar-refractivity contribution >= 4 is 57.1 Å². The van der Waals surface area contributed by atoms with Crippen LogP contribution in [0.5, 0.6) is 0 Å². The summed E-state index contributed by atoms with van der Waals surface area (Å²) in [5.41, 5.74) is 2.51. The predicted molar refractivity (Wildman–Crippen MR) is 153 cm³/mol. The smallest absolute Gasteiger partial charge is 0.306 e. The van der Waals surface area contributed by atoms with Crippen molar-refractivity contribution in [1.82, 2.24) is 14.5 Å². The monoisotopic (exact) mass is 572 g/mol. The summed E-state index contributed by atoms with van der Waals surface area (Å²) < 4.78 is 7.41. The fourth-order valence-electron chi connectivity index (χ4n) is 5.30. The number of anilines is 1. The van der Waals surface area contributed by atoms with Crippen LogP contribution in [0.15, 0.2) is 65.4 Å². The van der Waals surface area contributed by atoms with Crippen molar-refractivity contribution < 1.29 is 29.0 Å². The maximum atomic E-state index is 13.1. The van der Waals surface area contributed by atoms with Gasteiger partial charge in [0.05, 0.1) is 29.6 Å². The molecule has 2 aromatic carbocycles. The number of piperidine rings is 1. The van der Waals surface area contributed by atoms with E-state index >= 15 is 0 Å². The second-order valence-electron chi connectivity index (χ2n) is 10.0. The molecule has 0 spiro atoms. The Labute approximate surface area is 238 Å². The van der Waals surface area contributed by atoms with E-state index in [0.29, 0.717) is 70.5 Å². The lowest BCUT2D eigenvalue weighted by atomic mass is 9.97. The summed E-state index contributed by atoms with van der Waals surface area (Å²) in [6, 6.07) is 14.6. The lowest BCUT2D eigenvalue weighted by Crippen LogP contribution is -2.37. The number of benzene rings is 2. The van der Waals surface area contributed by atoms with Gasteiger partial charge in [-0.2, -0.15) is 4.98 Å². The van der Waals surface area contributed by atoms with Crippen LogP contribution < -0.4 is 4.90 Å². The molecule has 1 fully saturated rings. The highest BCUT2D eigenvalue weighted by molar-refractivity contribution is 6.31. The molecule has 1 aliphatic heterocycles. The van der Waals surface area contributed by atoms with Gasteiger partial charge < -0.3 is 19.5 Å². The summed E-state index contributed by atoms with van der Waals surface area (Å²) in [6.07, 6.45) is 3.80. The lowest BCUT2D eigenvalue weighted by Gasteiger charge is -2.30. The Morgan fingerprint density at radius 1 is 0.976 bits per heavy atom. The summed E-state index contributed by atoms with van der Waals surface area (Å²) in [4.78, 5) is 47.6. The third-order valence-corrected chi connectivity index (χ3v) is 7.69. The van der Waals surface area contributed by atoms with Gasteiger partial charge in [-0.1, -0.05) is 17.7 Å². The van der Waals surface area contributed by atoms with Crippen LogP contribution in [0, 0.1) is 5.92 Å². The van der Waals surface area contributed by atoms with Crippen molar-refractivity contribution in [3.8, 4) is 17.1 Å². The van der Waals surface area contributed by atoms with Gasteiger partial charge in [-0.3, -0.25) is 19.0 Å². The molecule has 6 rings (SSSR count). The number of carbonyl (C=O) groups is 3. The van der Waals surface area contributed by atoms with E-state index in [-0.39, 0.29) is 18.6 Å². The zero-order valence-electron chi connectivity index (χ0n) is 21.8. The highest BCUT2D eigenvalue weighted by atomic mass is 35.5. The van der Waals surface area contributed by atoms with Crippen molar-refractivity contribution in [2.24, 2.45) is 5.92 Å². The Morgan fingerprint density at radius 3 is 2.49 bits per heavy atom. The Hall–Kier alpha value is -4.70. The average Bonchev–Trinajstić information content (AvgIpc) is 3.64. The van der Waals surface area contributed by atoms with E-state index in [0.717, 1.165) is 10.9 Å². The zero-order valence-corrected chi connectivity index (χ0v) is 22.5. The van der Waals surface area contributed by atoms with Gasteiger partial charge in [-0.25, -0.2) is 4.98 Å². The first-order chi connectivity index (χ1) is 19.8. The number of aromatic nitrogens is 3. The van der Waals surface area contributed by atoms with Crippen molar-refractivity contribution in [3.63, 3.8) is 0 Å². The van der Waals surface area contributed by atoms with Crippen molar-refractivity contribution in [2.75, 3.05) is 18.0 Å². The van der Waals surface area contributed by atoms with E-state index in [1.54, 1.807) is 30.7 Å². The fraction of sp³-hybridized carbons (Fsp3) is 0.233. The molecule has 41 heavy (non-hydrogen) atoms. The summed E-state index contributed by atoms with van der Waals surface area (Å²) in [5, 5.41) is 20.3. The number of halogens is 1. The second-order valence-corrected chi connectivity index (χ2v) is 10.5. The van der Waals surface area contributed by atoms with Crippen LogP contribution in [-0.4, -0.2) is 55.6 Å². The van der Waals surface area contributed by atoms with Gasteiger partial charge in [0.2, 0.25) is 5.95 Å². The van der Waals surface area contributed by atoms with E-state index in [1.807, 2.05) is 39.8 Å². The standard InChI is InChI=1S/C30H25ClN4O6/c31-19-4-6-24-21(15-19)22(25(36)7-8-27(37)38)16-35(24)28-20-5-3-18(26-2-1-13-41-26)14-23(20)32-30(33-28)34-11-9-17(10-12-34)29(39)40/h1-6,13-17H,7-12H2,(H,37,38)(H,39,40). The number of carboxylic acids is 2. The Morgan fingerprint density at radius 2 is 1.78 bits per heavy atom. The number of carboxylic acid groups (broad SMARTS) is 2. The number of aliphatic carboxylic acids is 2. The van der Waals surface area contributed by atoms with Crippen LogP contribution in [0.2, 0.25) is 5.02 Å². The highest BCUT2D eigenvalue weighted by Gasteiger charge is 2.27. The van der Waals surface area contributed by atoms with E-state index in [2.05, 4.69) is 0 Å². The van der Waals surface area contributed by atoms with Crippen molar-refractivity contribution in [1.29, 1.82) is 0 Å². The van der Waals surface area contributed by atoms with E-state index in [9.17, 15) is 19.5 Å². The minimum Gasteiger partial charge on any atom is -0.481 e. The normalized spacial score (nSPS) is 14.1. The Balaban J connectivity index is 1.53. The van der Waals surface area contributed by atoms with E-state index < -0.39 is 17.9 Å². The van der Waals surface area contributed by atoms with Gasteiger partial charge in [0.25, 0.3) is 0 Å². The van der Waals surface area contributed by atoms with E-state index in [1.165, 1.54) is 0 Å². The molecule has 0 saturated carbocycles. The number of Topliss-reactive ketones (excluding diaryl/α,β-unsaturated/α-hetero) is 1. The number of nitrogens with zero attached hydrogens (tertiary/aromatic N) is 4. The van der Waals surface area contributed by atoms with Crippen LogP contribution >= 0.6 is 11.6 Å². The van der Waals surface area contributed by atoms with Gasteiger partial charge in [0, 0.05) is 52.6 Å². The molecular formula is C30H25ClN4O6. The Kier molecular flexibility index (Phi) is 6.92. The topological polar surface area (TPSA) is 139 Å². The molecule has 3 aromatic heterocycles. The maximum Gasteiger partial charge on any atom is 0.306 e. The molecular weight excluding hydrogens is 548 g/mol. The molecule has 0 unspecified atom stereocenters. The van der Waals surface area contributed by atoms with Gasteiger partial charge >= 0.3 is 11.9 Å². The SMILES string of the molecule is O=C(O)CCC(=O)c1cn(-c2nc(N3CCC(C(=O)O)CC3)nc3cc(-c4ccco4)ccc23)c2ccc(Cl)cc12. The van der Waals surface area contributed by atoms with E-state index in [4.69, 9.17) is 31.1 Å². The highest BCUT2D eigenvalue weighted by Crippen LogP contribution is 2.34. The van der Waals surface area contributed by atoms with Crippen LogP contribution in [0.25, 0.3) is 38.9 Å². The molecule has 4 heterocycles. The van der Waals surface area contributed by atoms with Crippen LogP contribution in [0.1, 0.15) is 36.0 Å². The molecule has 0 amide bonds. The third-order valence-electron chi connectivity index (χ3n) is 7.46. The zero-order chi connectivity index (χ0) is 28.7. The lowest BCUT2D eigenvalue weighted by molar-refractivity contribution is -0.142. The first kappa shape index (κ1) is 26.5. The van der Waals surface area contributed by atoms with Crippen LogP contribution in [-0.2, 0) is 9.59 Å². The van der Waals surface area contributed by atoms with Gasteiger partial charge in [0.15, 0.2) is 11.6 Å². The fourth-order valence-corrected chi connectivity index (χ4v) is 5.48. The second kappa shape index (κ2) is 10.7. The predicted octanol–water partition coefficient (Wildman–Crippen LogP) is 5.84. The van der Waals surface area contributed by atoms with Gasteiger partial charge in [-0.05, 0) is 55.3 Å². The minimum atomic E-state index is -1.05. The minimum absolute atomic E-state index is 0.151. The van der Waals surface area contributed by atoms with Crippen LogP contribution in [0.4, 0.5) is 5.95 Å². The maximum absolute atomic E-state index is 13.1. The molecule has 5 aromatic rings. The number of fused-ring (bicyclic) bond motifs is 2. The number of rotatable bonds is 8. The van der Waals surface area contributed by atoms with Crippen molar-refractivity contribution in [3.05, 3.63) is 71.6 Å². The third kappa shape index (κ3) is 5.14. The van der Waals surface area contributed by atoms with Crippen LogP contribution in [0.3, 0.4) is 0 Å². The summed E-state index contributed by atoms with van der Waals surface area (Å²) in [7, 11) is 0. The molecule has 208 valence electrons. The molecule has 0 bridgehead atoms. The quantitative estimate of drug-likeness (QED) is 0.220. The number of furan rings is 1. The number of hydrogen-bond donors (Lipinski definition) is 2. The molecule has 11 heteroatoms. The Bertz CT molecular complexity index is 1810. The molecule has 1 aliphatic rings. The molecule has 0 radical (unpaired) electrons. The van der Waals surface area contributed by atoms with Crippen molar-refractivity contribution in [2.45, 2.75) is 25.7 Å².